The molecule has 0 saturated carbocycles. The van der Waals surface area contributed by atoms with Crippen molar-refractivity contribution in [3.05, 3.63) is 99.5 Å². The second kappa shape index (κ2) is 10.5. The van der Waals surface area contributed by atoms with Crippen LogP contribution >= 0.6 is 23.2 Å². The molecular formula is C24H24Cl2N2O3S. The molecule has 0 aliphatic carbocycles. The lowest BCUT2D eigenvalue weighted by Crippen LogP contribution is -2.41. The van der Waals surface area contributed by atoms with Crippen molar-refractivity contribution in [1.29, 1.82) is 0 Å². The number of carbonyl (C=O) groups excluding carboxylic acids is 1. The van der Waals surface area contributed by atoms with Gasteiger partial charge in [-0.1, -0.05) is 77.3 Å². The van der Waals surface area contributed by atoms with Gasteiger partial charge in [-0.25, -0.2) is 8.42 Å². The number of sulfonamides is 1. The first-order valence-corrected chi connectivity index (χ1v) is 12.2. The number of hydrogen-bond acceptors (Lipinski definition) is 3. The minimum atomic E-state index is -3.94. The van der Waals surface area contributed by atoms with Gasteiger partial charge in [0, 0.05) is 6.54 Å². The van der Waals surface area contributed by atoms with Crippen LogP contribution in [-0.2, 0) is 21.4 Å². The molecule has 1 atom stereocenters. The Morgan fingerprint density at radius 2 is 1.62 bits per heavy atom. The fourth-order valence-corrected chi connectivity index (χ4v) is 4.90. The lowest BCUT2D eigenvalue weighted by atomic mass is 10.1. The predicted molar refractivity (Wildman–Crippen MR) is 128 cm³/mol. The molecule has 3 aromatic carbocycles. The summed E-state index contributed by atoms with van der Waals surface area (Å²) < 4.78 is 27.9. The van der Waals surface area contributed by atoms with Crippen molar-refractivity contribution >= 4 is 39.1 Å². The molecule has 0 spiro atoms. The molecule has 1 amide bonds. The smallest absolute Gasteiger partial charge is 0.243 e. The normalized spacial score (nSPS) is 12.5. The third kappa shape index (κ3) is 6.11. The molecule has 8 heteroatoms. The first-order chi connectivity index (χ1) is 15.2. The summed E-state index contributed by atoms with van der Waals surface area (Å²) in [4.78, 5) is 12.9. The highest BCUT2D eigenvalue weighted by Gasteiger charge is 2.27. The Bertz CT molecular complexity index is 1180. The molecule has 0 heterocycles. The topological polar surface area (TPSA) is 66.5 Å². The van der Waals surface area contributed by atoms with Crippen molar-refractivity contribution in [2.45, 2.75) is 31.3 Å². The summed E-state index contributed by atoms with van der Waals surface area (Å²) in [5, 5.41) is 3.56. The van der Waals surface area contributed by atoms with E-state index in [9.17, 15) is 13.2 Å². The van der Waals surface area contributed by atoms with Gasteiger partial charge in [-0.2, -0.15) is 4.31 Å². The average Bonchev–Trinajstić information content (AvgIpc) is 2.76. The summed E-state index contributed by atoms with van der Waals surface area (Å²) in [5.41, 5.74) is 2.49. The summed E-state index contributed by atoms with van der Waals surface area (Å²) in [5.74, 6) is -0.405. The summed E-state index contributed by atoms with van der Waals surface area (Å²) in [6, 6.07) is 20.6. The highest BCUT2D eigenvalue weighted by Crippen LogP contribution is 2.25. The maximum atomic E-state index is 13.4. The molecule has 0 aliphatic heterocycles. The molecule has 0 aliphatic rings. The van der Waals surface area contributed by atoms with E-state index in [0.717, 1.165) is 15.4 Å². The van der Waals surface area contributed by atoms with Gasteiger partial charge in [0.1, 0.15) is 0 Å². The molecule has 0 unspecified atom stereocenters. The van der Waals surface area contributed by atoms with E-state index >= 15 is 0 Å². The largest absolute Gasteiger partial charge is 0.348 e. The van der Waals surface area contributed by atoms with Gasteiger partial charge in [0.15, 0.2) is 0 Å². The van der Waals surface area contributed by atoms with E-state index in [1.165, 1.54) is 12.1 Å². The third-order valence-electron chi connectivity index (χ3n) is 5.00. The van der Waals surface area contributed by atoms with Crippen LogP contribution in [0.3, 0.4) is 0 Å². The maximum Gasteiger partial charge on any atom is 0.243 e. The average molecular weight is 491 g/mol. The zero-order valence-electron chi connectivity index (χ0n) is 17.8. The second-order valence-electron chi connectivity index (χ2n) is 7.53. The summed E-state index contributed by atoms with van der Waals surface area (Å²) in [6.45, 7) is 3.36. The van der Waals surface area contributed by atoms with Crippen molar-refractivity contribution in [3.8, 4) is 0 Å². The van der Waals surface area contributed by atoms with Crippen LogP contribution in [0.4, 0.5) is 0 Å². The number of hydrogen-bond donors (Lipinski definition) is 1. The van der Waals surface area contributed by atoms with Crippen molar-refractivity contribution in [3.63, 3.8) is 0 Å². The number of nitrogens with one attached hydrogen (secondary N) is 1. The highest BCUT2D eigenvalue weighted by atomic mass is 35.5. The van der Waals surface area contributed by atoms with Crippen molar-refractivity contribution < 1.29 is 13.2 Å². The Labute approximate surface area is 199 Å². The van der Waals surface area contributed by atoms with Crippen LogP contribution < -0.4 is 5.32 Å². The number of benzene rings is 3. The minimum absolute atomic E-state index is 0.0275. The van der Waals surface area contributed by atoms with E-state index in [4.69, 9.17) is 23.2 Å². The van der Waals surface area contributed by atoms with Gasteiger partial charge >= 0.3 is 0 Å². The zero-order chi connectivity index (χ0) is 23.3. The predicted octanol–water partition coefficient (Wildman–Crippen LogP) is 5.37. The molecule has 32 heavy (non-hydrogen) atoms. The second-order valence-corrected chi connectivity index (χ2v) is 10.3. The van der Waals surface area contributed by atoms with Gasteiger partial charge in [-0.15, -0.1) is 0 Å². The highest BCUT2D eigenvalue weighted by molar-refractivity contribution is 7.89. The fourth-order valence-electron chi connectivity index (χ4n) is 3.20. The lowest BCUT2D eigenvalue weighted by molar-refractivity contribution is -0.122. The number of carbonyl (C=O) groups is 1. The fraction of sp³-hybridized carbons (Fsp3) is 0.208. The Kier molecular flexibility index (Phi) is 7.96. The van der Waals surface area contributed by atoms with Gasteiger partial charge in [0.25, 0.3) is 0 Å². The Morgan fingerprint density at radius 1 is 0.969 bits per heavy atom. The van der Waals surface area contributed by atoms with E-state index in [1.54, 1.807) is 30.3 Å². The number of rotatable bonds is 8. The molecule has 0 bridgehead atoms. The molecule has 0 aromatic heterocycles. The van der Waals surface area contributed by atoms with Crippen LogP contribution in [-0.4, -0.2) is 25.2 Å². The first-order valence-electron chi connectivity index (χ1n) is 10.0. The molecule has 1 N–H and O–H groups in total. The Morgan fingerprint density at radius 3 is 2.25 bits per heavy atom. The molecule has 0 radical (unpaired) electrons. The standard InChI is InChI=1S/C24H24Cl2N2O3S/c1-17-8-11-21(12-9-17)32(30,31)28(15-19-10-13-22(25)23(26)14-19)16-24(29)27-18(2)20-6-4-3-5-7-20/h3-14,18H,15-16H2,1-2H3,(H,27,29)/t18-/m1/s1. The van der Waals surface area contributed by atoms with Gasteiger partial charge in [-0.05, 0) is 49.2 Å². The number of aryl methyl sites for hydroxylation is 1. The molecular weight excluding hydrogens is 467 g/mol. The van der Waals surface area contributed by atoms with Crippen LogP contribution in [0, 0.1) is 6.92 Å². The molecule has 0 fully saturated rings. The van der Waals surface area contributed by atoms with Crippen LogP contribution in [0.1, 0.15) is 29.7 Å². The summed E-state index contributed by atoms with van der Waals surface area (Å²) in [7, 11) is -3.94. The quantitative estimate of drug-likeness (QED) is 0.461. The third-order valence-corrected chi connectivity index (χ3v) is 7.54. The van der Waals surface area contributed by atoms with E-state index in [0.29, 0.717) is 15.6 Å². The minimum Gasteiger partial charge on any atom is -0.348 e. The monoisotopic (exact) mass is 490 g/mol. The zero-order valence-corrected chi connectivity index (χ0v) is 20.1. The van der Waals surface area contributed by atoms with Crippen molar-refractivity contribution in [2.75, 3.05) is 6.54 Å². The molecule has 5 nitrogen and oxygen atoms in total. The molecule has 168 valence electrons. The number of nitrogens with zero attached hydrogens (tertiary/aromatic N) is 1. The van der Waals surface area contributed by atoms with Crippen LogP contribution in [0.5, 0.6) is 0 Å². The van der Waals surface area contributed by atoms with E-state index < -0.39 is 15.9 Å². The van der Waals surface area contributed by atoms with Crippen molar-refractivity contribution in [2.24, 2.45) is 0 Å². The number of amides is 1. The maximum absolute atomic E-state index is 13.4. The van der Waals surface area contributed by atoms with Crippen LogP contribution in [0.15, 0.2) is 77.7 Å². The molecule has 3 aromatic rings. The molecule has 3 rings (SSSR count). The first kappa shape index (κ1) is 24.3. The van der Waals surface area contributed by atoms with E-state index in [-0.39, 0.29) is 24.0 Å². The summed E-state index contributed by atoms with van der Waals surface area (Å²) in [6.07, 6.45) is 0. The molecule has 0 saturated heterocycles. The lowest BCUT2D eigenvalue weighted by Gasteiger charge is -2.23. The summed E-state index contributed by atoms with van der Waals surface area (Å²) >= 11 is 12.1. The SMILES string of the molecule is Cc1ccc(S(=O)(=O)N(CC(=O)N[C@H](C)c2ccccc2)Cc2ccc(Cl)c(Cl)c2)cc1. The van der Waals surface area contributed by atoms with Gasteiger partial charge in [0.2, 0.25) is 15.9 Å². The van der Waals surface area contributed by atoms with Crippen LogP contribution in [0.2, 0.25) is 10.0 Å². The number of halogens is 2. The Hall–Kier alpha value is -2.38. The van der Waals surface area contributed by atoms with E-state index in [2.05, 4.69) is 5.32 Å². The van der Waals surface area contributed by atoms with Crippen LogP contribution in [0.25, 0.3) is 0 Å². The van der Waals surface area contributed by atoms with Gasteiger partial charge in [0.05, 0.1) is 27.5 Å². The van der Waals surface area contributed by atoms with Gasteiger partial charge < -0.3 is 5.32 Å². The van der Waals surface area contributed by atoms with E-state index in [1.807, 2.05) is 44.2 Å². The van der Waals surface area contributed by atoms with Crippen molar-refractivity contribution in [1.82, 2.24) is 9.62 Å². The Balaban J connectivity index is 1.86. The van der Waals surface area contributed by atoms with Gasteiger partial charge in [-0.3, -0.25) is 4.79 Å².